The Balaban J connectivity index is 1.21. The highest BCUT2D eigenvalue weighted by molar-refractivity contribution is 6.08. The second-order valence-electron chi connectivity index (χ2n) is 13.3. The Labute approximate surface area is 297 Å². The Bertz CT molecular complexity index is 2650. The van der Waals surface area contributed by atoms with Gasteiger partial charge >= 0.3 is 0 Å². The van der Waals surface area contributed by atoms with Crippen molar-refractivity contribution in [3.05, 3.63) is 222 Å². The first-order chi connectivity index (χ1) is 25.3. The number of furan rings is 1. The predicted molar refractivity (Wildman–Crippen MR) is 211 cm³/mol. The molecule has 1 heterocycles. The van der Waals surface area contributed by atoms with Crippen LogP contribution in [0.3, 0.4) is 0 Å². The molecule has 0 fully saturated rings. The third-order valence-electron chi connectivity index (χ3n) is 10.5. The van der Waals surface area contributed by atoms with Gasteiger partial charge in [-0.2, -0.15) is 0 Å². The van der Waals surface area contributed by atoms with Gasteiger partial charge in [0.05, 0.1) is 5.41 Å². The number of para-hydroxylation sites is 2. The van der Waals surface area contributed by atoms with E-state index >= 15 is 0 Å². The fraction of sp³-hybridized carbons (Fsp3) is 0.0204. The first-order valence-electron chi connectivity index (χ1n) is 17.5. The van der Waals surface area contributed by atoms with Crippen molar-refractivity contribution < 1.29 is 4.42 Å². The van der Waals surface area contributed by atoms with Crippen LogP contribution in [0.2, 0.25) is 0 Å². The molecule has 2 nitrogen and oxygen atoms in total. The van der Waals surface area contributed by atoms with Gasteiger partial charge in [0.2, 0.25) is 0 Å². The number of benzene rings is 8. The summed E-state index contributed by atoms with van der Waals surface area (Å²) in [7, 11) is 0. The van der Waals surface area contributed by atoms with E-state index in [0.29, 0.717) is 0 Å². The summed E-state index contributed by atoms with van der Waals surface area (Å²) in [5, 5.41) is 2.19. The molecule has 0 radical (unpaired) electrons. The van der Waals surface area contributed by atoms with Crippen LogP contribution in [0, 0.1) is 0 Å². The molecule has 9 aromatic rings. The van der Waals surface area contributed by atoms with Gasteiger partial charge in [-0.15, -0.1) is 0 Å². The summed E-state index contributed by atoms with van der Waals surface area (Å²) in [5.74, 6) is 0. The van der Waals surface area contributed by atoms with E-state index in [-0.39, 0.29) is 0 Å². The van der Waals surface area contributed by atoms with Crippen LogP contribution >= 0.6 is 0 Å². The van der Waals surface area contributed by atoms with Gasteiger partial charge in [-0.3, -0.25) is 0 Å². The Morgan fingerprint density at radius 3 is 1.65 bits per heavy atom. The molecule has 51 heavy (non-hydrogen) atoms. The zero-order valence-corrected chi connectivity index (χ0v) is 27.9. The highest BCUT2D eigenvalue weighted by Crippen LogP contribution is 2.57. The van der Waals surface area contributed by atoms with Gasteiger partial charge in [-0.05, 0) is 81.4 Å². The molecule has 1 aromatic heterocycles. The Kier molecular flexibility index (Phi) is 6.75. The van der Waals surface area contributed by atoms with E-state index in [2.05, 4.69) is 205 Å². The summed E-state index contributed by atoms with van der Waals surface area (Å²) in [5.41, 5.74) is 14.3. The maximum Gasteiger partial charge on any atom is 0.140 e. The van der Waals surface area contributed by atoms with E-state index in [1.165, 1.54) is 38.9 Å². The molecule has 2 heteroatoms. The minimum absolute atomic E-state index is 0.543. The summed E-state index contributed by atoms with van der Waals surface area (Å²) < 4.78 is 6.98. The molecule has 0 atom stereocenters. The van der Waals surface area contributed by atoms with E-state index in [0.717, 1.165) is 44.6 Å². The molecular weight excluding hydrogens is 619 g/mol. The molecule has 0 N–H and O–H groups in total. The molecular formula is C49H33NO. The summed E-state index contributed by atoms with van der Waals surface area (Å²) in [4.78, 5) is 2.34. The second-order valence-corrected chi connectivity index (χ2v) is 13.3. The molecule has 0 spiro atoms. The van der Waals surface area contributed by atoms with Crippen LogP contribution in [0.1, 0.15) is 22.3 Å². The second kappa shape index (κ2) is 11.8. The highest BCUT2D eigenvalue weighted by atomic mass is 16.3. The van der Waals surface area contributed by atoms with Crippen molar-refractivity contribution >= 4 is 39.0 Å². The van der Waals surface area contributed by atoms with Crippen LogP contribution in [-0.4, -0.2) is 0 Å². The largest absolute Gasteiger partial charge is 0.456 e. The molecule has 1 aliphatic carbocycles. The summed E-state index contributed by atoms with van der Waals surface area (Å²) in [6.45, 7) is 0. The van der Waals surface area contributed by atoms with Crippen molar-refractivity contribution in [2.75, 3.05) is 4.90 Å². The number of anilines is 3. The van der Waals surface area contributed by atoms with Gasteiger partial charge in [0.1, 0.15) is 11.2 Å². The lowest BCUT2D eigenvalue weighted by molar-refractivity contribution is 0.648. The molecule has 0 bridgehead atoms. The van der Waals surface area contributed by atoms with Crippen molar-refractivity contribution in [1.29, 1.82) is 0 Å². The van der Waals surface area contributed by atoms with Crippen molar-refractivity contribution in [2.24, 2.45) is 0 Å². The van der Waals surface area contributed by atoms with Gasteiger partial charge in [0.15, 0.2) is 0 Å². The molecule has 0 unspecified atom stereocenters. The number of hydrogen-bond acceptors (Lipinski definition) is 2. The van der Waals surface area contributed by atoms with E-state index in [1.807, 2.05) is 0 Å². The van der Waals surface area contributed by atoms with Gasteiger partial charge < -0.3 is 9.32 Å². The summed E-state index contributed by atoms with van der Waals surface area (Å²) in [6.07, 6.45) is 0. The maximum absolute atomic E-state index is 6.98. The average molecular weight is 652 g/mol. The highest BCUT2D eigenvalue weighted by Gasteiger charge is 2.47. The lowest BCUT2D eigenvalue weighted by atomic mass is 9.67. The van der Waals surface area contributed by atoms with Crippen LogP contribution in [-0.2, 0) is 5.41 Å². The molecule has 0 aliphatic heterocycles. The SMILES string of the molecule is c1ccc(-c2cccc(N(c3ccccc3)c3ccc4oc5c(C6(c7ccccc7)c7ccccc7-c7ccccc76)cccc5c4c3)c2)cc1. The van der Waals surface area contributed by atoms with Crippen molar-refractivity contribution in [2.45, 2.75) is 5.41 Å². The monoisotopic (exact) mass is 651 g/mol. The molecule has 10 rings (SSSR count). The number of fused-ring (bicyclic) bond motifs is 6. The van der Waals surface area contributed by atoms with Crippen LogP contribution in [0.25, 0.3) is 44.2 Å². The lowest BCUT2D eigenvalue weighted by Crippen LogP contribution is -2.28. The molecule has 240 valence electrons. The average Bonchev–Trinajstić information content (AvgIpc) is 3.73. The third kappa shape index (κ3) is 4.50. The van der Waals surface area contributed by atoms with Gasteiger partial charge in [0, 0.05) is 33.4 Å². The first kappa shape index (κ1) is 29.3. The van der Waals surface area contributed by atoms with E-state index in [4.69, 9.17) is 4.42 Å². The predicted octanol–water partition coefficient (Wildman–Crippen LogP) is 13.1. The summed E-state index contributed by atoms with van der Waals surface area (Å²) in [6, 6.07) is 71.9. The lowest BCUT2D eigenvalue weighted by Gasteiger charge is -2.33. The molecule has 1 aliphatic rings. The van der Waals surface area contributed by atoms with Crippen LogP contribution < -0.4 is 4.90 Å². The van der Waals surface area contributed by atoms with Gasteiger partial charge in [-0.25, -0.2) is 0 Å². The number of nitrogens with zero attached hydrogens (tertiary/aromatic N) is 1. The molecule has 0 saturated carbocycles. The number of hydrogen-bond donors (Lipinski definition) is 0. The smallest absolute Gasteiger partial charge is 0.140 e. The van der Waals surface area contributed by atoms with Gasteiger partial charge in [0.25, 0.3) is 0 Å². The Morgan fingerprint density at radius 1 is 0.373 bits per heavy atom. The summed E-state index contributed by atoms with van der Waals surface area (Å²) >= 11 is 0. The molecule has 8 aromatic carbocycles. The van der Waals surface area contributed by atoms with Crippen LogP contribution in [0.15, 0.2) is 205 Å². The van der Waals surface area contributed by atoms with Crippen LogP contribution in [0.4, 0.5) is 17.1 Å². The third-order valence-corrected chi connectivity index (χ3v) is 10.5. The van der Waals surface area contributed by atoms with E-state index < -0.39 is 5.41 Å². The quantitative estimate of drug-likeness (QED) is 0.178. The van der Waals surface area contributed by atoms with E-state index in [1.54, 1.807) is 0 Å². The maximum atomic E-state index is 6.98. The van der Waals surface area contributed by atoms with Crippen molar-refractivity contribution in [3.63, 3.8) is 0 Å². The first-order valence-corrected chi connectivity index (χ1v) is 17.5. The Hall–Kier alpha value is -6.64. The minimum atomic E-state index is -0.543. The van der Waals surface area contributed by atoms with Crippen LogP contribution in [0.5, 0.6) is 0 Å². The molecule has 0 amide bonds. The fourth-order valence-corrected chi connectivity index (χ4v) is 8.38. The normalized spacial score (nSPS) is 12.9. The zero-order valence-electron chi connectivity index (χ0n) is 27.9. The minimum Gasteiger partial charge on any atom is -0.456 e. The number of rotatable bonds is 6. The van der Waals surface area contributed by atoms with E-state index in [9.17, 15) is 0 Å². The van der Waals surface area contributed by atoms with Gasteiger partial charge in [-0.1, -0.05) is 158 Å². The topological polar surface area (TPSA) is 16.4 Å². The standard InChI is InChI=1S/C49H33NO/c1-4-16-34(17-5-1)35-18-14-23-38(32-35)50(37-21-8-3-9-22-37)39-30-31-47-43(33-39)42-26-15-29-46(48(42)51-47)49(36-19-6-2-7-20-36)44-27-12-10-24-40(44)41-25-11-13-28-45(41)49/h1-33H. The Morgan fingerprint density at radius 2 is 0.922 bits per heavy atom. The van der Waals surface area contributed by atoms with Crippen molar-refractivity contribution in [3.8, 4) is 22.3 Å². The van der Waals surface area contributed by atoms with Crippen molar-refractivity contribution in [1.82, 2.24) is 0 Å². The fourth-order valence-electron chi connectivity index (χ4n) is 8.38. The molecule has 0 saturated heterocycles. The zero-order chi connectivity index (χ0) is 33.8.